The van der Waals surface area contributed by atoms with Crippen molar-refractivity contribution in [2.45, 2.75) is 0 Å². The summed E-state index contributed by atoms with van der Waals surface area (Å²) in [5.74, 6) is 0. The van der Waals surface area contributed by atoms with Crippen LogP contribution in [0.25, 0.3) is 0 Å². The van der Waals surface area contributed by atoms with Crippen LogP contribution in [0.4, 0.5) is 0 Å². The van der Waals surface area contributed by atoms with E-state index < -0.39 is 0 Å². The summed E-state index contributed by atoms with van der Waals surface area (Å²) >= 11 is 0. The molecule has 0 aromatic heterocycles. The zero-order valence-electron chi connectivity index (χ0n) is 2.72. The molecule has 28 valence electrons. The summed E-state index contributed by atoms with van der Waals surface area (Å²) in [6.45, 7) is 2.00. The molecule has 0 aromatic carbocycles. The first-order chi connectivity index (χ1) is 2.00. The summed E-state index contributed by atoms with van der Waals surface area (Å²) in [7, 11) is 0. The molecule has 0 heterocycles. The SMILES string of the molecule is C=O.OO.[Zn]. The van der Waals surface area contributed by atoms with Crippen LogP contribution in [-0.4, -0.2) is 17.3 Å². The molecule has 2 N–H and O–H groups in total. The van der Waals surface area contributed by atoms with E-state index in [9.17, 15) is 0 Å². The standard InChI is InChI=1S/CH2O.H2O2.Zn/c2*1-2;/h1H2;1-2H;. The fraction of sp³-hybridized carbons (Fsp3) is 0. The second kappa shape index (κ2) is 956. The Morgan fingerprint density at radius 1 is 1.20 bits per heavy atom. The van der Waals surface area contributed by atoms with Gasteiger partial charge in [-0.05, 0) is 0 Å². The number of carbonyl (C=O) groups is 1. The number of rotatable bonds is 0. The summed E-state index contributed by atoms with van der Waals surface area (Å²) < 4.78 is 0. The van der Waals surface area contributed by atoms with Crippen LogP contribution in [-0.2, 0) is 24.3 Å². The molecule has 0 spiro atoms. The molecule has 5 heavy (non-hydrogen) atoms. The van der Waals surface area contributed by atoms with E-state index in [2.05, 4.69) is 0 Å². The molecule has 0 aliphatic rings. The van der Waals surface area contributed by atoms with Crippen molar-refractivity contribution in [3.05, 3.63) is 0 Å². The third kappa shape index (κ3) is 453. The molecular weight excluding hydrogens is 125 g/mol. The predicted octanol–water partition coefficient (Wildman–Crippen LogP) is -0.170. The van der Waals surface area contributed by atoms with Gasteiger partial charge in [-0.25, -0.2) is 0 Å². The largest absolute Gasteiger partial charge is 0.307 e. The average molecular weight is 129 g/mol. The molecule has 0 aromatic rings. The minimum Gasteiger partial charge on any atom is -0.307 e. The van der Waals surface area contributed by atoms with Crippen molar-refractivity contribution < 1.29 is 34.8 Å². The molecular formula is CH4O3Zn. The number of hydrogen-bond acceptors (Lipinski definition) is 3. The van der Waals surface area contributed by atoms with Gasteiger partial charge in [0, 0.05) is 19.5 Å². The molecule has 0 amide bonds. The van der Waals surface area contributed by atoms with Crippen LogP contribution in [0.1, 0.15) is 0 Å². The summed E-state index contributed by atoms with van der Waals surface area (Å²) in [4.78, 5) is 8.00. The summed E-state index contributed by atoms with van der Waals surface area (Å²) in [6, 6.07) is 0. The predicted molar refractivity (Wildman–Crippen MR) is 12.4 cm³/mol. The molecule has 0 aliphatic heterocycles. The Morgan fingerprint density at radius 2 is 1.20 bits per heavy atom. The molecule has 0 unspecified atom stereocenters. The zero-order chi connectivity index (χ0) is 4.00. The second-order valence-corrected chi connectivity index (χ2v) is 0. The quantitative estimate of drug-likeness (QED) is 0.271. The van der Waals surface area contributed by atoms with Crippen LogP contribution in [0.3, 0.4) is 0 Å². The summed E-state index contributed by atoms with van der Waals surface area (Å²) in [5, 5.41) is 12.0. The number of hydrogen-bond donors (Lipinski definition) is 2. The second-order valence-electron chi connectivity index (χ2n) is 0. The van der Waals surface area contributed by atoms with Crippen LogP contribution in [0, 0.1) is 0 Å². The minimum atomic E-state index is 0. The van der Waals surface area contributed by atoms with E-state index in [0.717, 1.165) is 0 Å². The molecule has 0 atom stereocenters. The van der Waals surface area contributed by atoms with Crippen molar-refractivity contribution in [2.24, 2.45) is 0 Å². The van der Waals surface area contributed by atoms with E-state index >= 15 is 0 Å². The van der Waals surface area contributed by atoms with Gasteiger partial charge in [0.15, 0.2) is 0 Å². The van der Waals surface area contributed by atoms with Crippen LogP contribution in [0.2, 0.25) is 0 Å². The monoisotopic (exact) mass is 128 g/mol. The van der Waals surface area contributed by atoms with E-state index in [1.54, 1.807) is 0 Å². The molecule has 0 radical (unpaired) electrons. The first-order valence-corrected chi connectivity index (χ1v) is 0.489. The van der Waals surface area contributed by atoms with Crippen molar-refractivity contribution >= 4 is 6.79 Å². The van der Waals surface area contributed by atoms with Gasteiger partial charge in [-0.3, -0.25) is 10.5 Å². The average Bonchev–Trinajstić information content (AvgIpc) is 1.50. The van der Waals surface area contributed by atoms with Gasteiger partial charge in [0.05, 0.1) is 0 Å². The van der Waals surface area contributed by atoms with Crippen molar-refractivity contribution in [3.8, 4) is 0 Å². The Kier molecular flexibility index (Phi) is 3610. The van der Waals surface area contributed by atoms with Gasteiger partial charge in [0.1, 0.15) is 6.79 Å². The maximum Gasteiger partial charge on any atom is 0.106 e. The maximum absolute atomic E-state index is 8.00. The Labute approximate surface area is 42.3 Å². The van der Waals surface area contributed by atoms with E-state index in [-0.39, 0.29) is 19.5 Å². The Bertz CT molecular complexity index is 6.85. The van der Waals surface area contributed by atoms with Gasteiger partial charge in [-0.1, -0.05) is 0 Å². The minimum absolute atomic E-state index is 0. The van der Waals surface area contributed by atoms with Crippen LogP contribution in [0.15, 0.2) is 0 Å². The van der Waals surface area contributed by atoms with Gasteiger partial charge in [-0.2, -0.15) is 0 Å². The molecule has 0 bridgehead atoms. The van der Waals surface area contributed by atoms with Crippen molar-refractivity contribution in [2.75, 3.05) is 0 Å². The summed E-state index contributed by atoms with van der Waals surface area (Å²) in [6.07, 6.45) is 0. The van der Waals surface area contributed by atoms with Crippen LogP contribution in [0.5, 0.6) is 0 Å². The third-order valence-corrected chi connectivity index (χ3v) is 0. The van der Waals surface area contributed by atoms with Gasteiger partial charge in [0.25, 0.3) is 0 Å². The molecule has 0 saturated heterocycles. The third-order valence-electron chi connectivity index (χ3n) is 0. The maximum atomic E-state index is 8.00. The van der Waals surface area contributed by atoms with E-state index in [4.69, 9.17) is 15.3 Å². The first-order valence-electron chi connectivity index (χ1n) is 0.489. The molecule has 0 saturated carbocycles. The normalized spacial score (nSPS) is 2.00. The van der Waals surface area contributed by atoms with Crippen molar-refractivity contribution in [3.63, 3.8) is 0 Å². The van der Waals surface area contributed by atoms with Gasteiger partial charge in [0.2, 0.25) is 0 Å². The Hall–Kier alpha value is 0.213. The van der Waals surface area contributed by atoms with Gasteiger partial charge < -0.3 is 4.79 Å². The zero-order valence-corrected chi connectivity index (χ0v) is 5.68. The smallest absolute Gasteiger partial charge is 0.106 e. The van der Waals surface area contributed by atoms with Gasteiger partial charge >= 0.3 is 0 Å². The van der Waals surface area contributed by atoms with E-state index in [0.29, 0.717) is 0 Å². The van der Waals surface area contributed by atoms with E-state index in [1.807, 2.05) is 6.79 Å². The molecule has 3 nitrogen and oxygen atoms in total. The van der Waals surface area contributed by atoms with Crippen LogP contribution < -0.4 is 0 Å². The fourth-order valence-corrected chi connectivity index (χ4v) is 0. The Morgan fingerprint density at radius 3 is 1.20 bits per heavy atom. The Balaban J connectivity index is -0.0000000133. The fourth-order valence-electron chi connectivity index (χ4n) is 0. The van der Waals surface area contributed by atoms with Gasteiger partial charge in [-0.15, -0.1) is 0 Å². The molecule has 0 rings (SSSR count). The number of carbonyl (C=O) groups excluding carboxylic acids is 1. The molecule has 0 aliphatic carbocycles. The van der Waals surface area contributed by atoms with Crippen molar-refractivity contribution in [1.82, 2.24) is 0 Å². The van der Waals surface area contributed by atoms with Crippen molar-refractivity contribution in [1.29, 1.82) is 0 Å². The van der Waals surface area contributed by atoms with E-state index in [1.165, 1.54) is 0 Å². The molecule has 4 heteroatoms. The first kappa shape index (κ1) is 18.9. The van der Waals surface area contributed by atoms with Crippen LogP contribution >= 0.6 is 0 Å². The summed E-state index contributed by atoms with van der Waals surface area (Å²) in [5.41, 5.74) is 0. The molecule has 0 fully saturated rings. The topological polar surface area (TPSA) is 57.5 Å².